The summed E-state index contributed by atoms with van der Waals surface area (Å²) in [5, 5.41) is 13.3. The average Bonchev–Trinajstić information content (AvgIpc) is 2.82. The van der Waals surface area contributed by atoms with Gasteiger partial charge in [0.05, 0.1) is 13.2 Å². The van der Waals surface area contributed by atoms with Crippen molar-refractivity contribution < 1.29 is 14.6 Å². The number of benzene rings is 1. The largest absolute Gasteiger partial charge is 0.493 e. The fraction of sp³-hybridized carbons (Fsp3) is 0.625. The van der Waals surface area contributed by atoms with Gasteiger partial charge < -0.3 is 19.9 Å². The van der Waals surface area contributed by atoms with Crippen LogP contribution >= 0.6 is 0 Å². The topological polar surface area (TPSA) is 50.7 Å². The lowest BCUT2D eigenvalue weighted by atomic mass is 10.2. The summed E-state index contributed by atoms with van der Waals surface area (Å²) in [5.41, 5.74) is 1.15. The molecule has 0 spiro atoms. The van der Waals surface area contributed by atoms with Crippen LogP contribution in [0, 0.1) is 0 Å². The van der Waals surface area contributed by atoms with Crippen LogP contribution in [0.3, 0.4) is 0 Å². The van der Waals surface area contributed by atoms with Gasteiger partial charge in [-0.3, -0.25) is 0 Å². The highest BCUT2D eigenvalue weighted by molar-refractivity contribution is 5.43. The molecule has 4 heteroatoms. The standard InChI is InChI=1S/C16H25NO3/c1-11(2)17-10-12-7-8-15(19-3)16(9-12)20-14-6-4-5-13(14)18/h7-9,11,13-14,17-18H,4-6,10H2,1-3H3. The number of hydrogen-bond acceptors (Lipinski definition) is 4. The second-order valence-electron chi connectivity index (χ2n) is 5.68. The van der Waals surface area contributed by atoms with E-state index in [1.54, 1.807) is 7.11 Å². The van der Waals surface area contributed by atoms with Crippen LogP contribution in [0.15, 0.2) is 18.2 Å². The van der Waals surface area contributed by atoms with Crippen molar-refractivity contribution in [2.45, 2.75) is 57.9 Å². The quantitative estimate of drug-likeness (QED) is 0.840. The van der Waals surface area contributed by atoms with Crippen LogP contribution < -0.4 is 14.8 Å². The van der Waals surface area contributed by atoms with E-state index in [2.05, 4.69) is 19.2 Å². The third kappa shape index (κ3) is 3.87. The molecule has 0 aromatic heterocycles. The maximum Gasteiger partial charge on any atom is 0.162 e. The minimum atomic E-state index is -0.364. The van der Waals surface area contributed by atoms with E-state index in [1.807, 2.05) is 18.2 Å². The Morgan fingerprint density at radius 3 is 2.70 bits per heavy atom. The fourth-order valence-electron chi connectivity index (χ4n) is 2.45. The Morgan fingerprint density at radius 2 is 2.10 bits per heavy atom. The summed E-state index contributed by atoms with van der Waals surface area (Å²) in [7, 11) is 1.64. The van der Waals surface area contributed by atoms with Gasteiger partial charge in [0.2, 0.25) is 0 Å². The minimum absolute atomic E-state index is 0.114. The van der Waals surface area contributed by atoms with Crippen molar-refractivity contribution in [2.75, 3.05) is 7.11 Å². The molecule has 0 heterocycles. The van der Waals surface area contributed by atoms with Gasteiger partial charge >= 0.3 is 0 Å². The molecular formula is C16H25NO3. The molecule has 0 bridgehead atoms. The molecule has 2 atom stereocenters. The smallest absolute Gasteiger partial charge is 0.162 e. The van der Waals surface area contributed by atoms with Crippen LogP contribution in [0.4, 0.5) is 0 Å². The van der Waals surface area contributed by atoms with Gasteiger partial charge in [-0.2, -0.15) is 0 Å². The molecule has 1 aliphatic carbocycles. The molecule has 0 aliphatic heterocycles. The molecule has 1 saturated carbocycles. The molecule has 2 rings (SSSR count). The van der Waals surface area contributed by atoms with Gasteiger partial charge in [-0.25, -0.2) is 0 Å². The Morgan fingerprint density at radius 1 is 1.30 bits per heavy atom. The number of nitrogens with one attached hydrogen (secondary N) is 1. The molecule has 1 aliphatic rings. The highest BCUT2D eigenvalue weighted by Gasteiger charge is 2.27. The number of hydrogen-bond donors (Lipinski definition) is 2. The summed E-state index contributed by atoms with van der Waals surface area (Å²) in [5.74, 6) is 1.44. The highest BCUT2D eigenvalue weighted by Crippen LogP contribution is 2.32. The normalized spacial score (nSPS) is 22.2. The predicted octanol–water partition coefficient (Wildman–Crippen LogP) is 2.49. The molecule has 20 heavy (non-hydrogen) atoms. The first-order valence-electron chi connectivity index (χ1n) is 7.35. The van der Waals surface area contributed by atoms with Crippen LogP contribution in [0.2, 0.25) is 0 Å². The number of rotatable bonds is 6. The summed E-state index contributed by atoms with van der Waals surface area (Å²) in [6.07, 6.45) is 2.26. The van der Waals surface area contributed by atoms with Gasteiger partial charge in [-0.15, -0.1) is 0 Å². The van der Waals surface area contributed by atoms with E-state index in [-0.39, 0.29) is 12.2 Å². The van der Waals surface area contributed by atoms with Gasteiger partial charge in [0.25, 0.3) is 0 Å². The summed E-state index contributed by atoms with van der Waals surface area (Å²) >= 11 is 0. The lowest BCUT2D eigenvalue weighted by molar-refractivity contribution is 0.0585. The second kappa shape index (κ2) is 6.95. The second-order valence-corrected chi connectivity index (χ2v) is 5.68. The first-order chi connectivity index (χ1) is 9.60. The van der Waals surface area contributed by atoms with Crippen molar-refractivity contribution in [3.8, 4) is 11.5 Å². The molecule has 1 aromatic rings. The van der Waals surface area contributed by atoms with Crippen LogP contribution in [-0.4, -0.2) is 30.5 Å². The third-order valence-corrected chi connectivity index (χ3v) is 3.64. The summed E-state index contributed by atoms with van der Waals surface area (Å²) < 4.78 is 11.3. The molecular weight excluding hydrogens is 254 g/mol. The molecule has 4 nitrogen and oxygen atoms in total. The van der Waals surface area contributed by atoms with E-state index in [4.69, 9.17) is 9.47 Å². The van der Waals surface area contributed by atoms with Crippen molar-refractivity contribution in [3.63, 3.8) is 0 Å². The van der Waals surface area contributed by atoms with E-state index < -0.39 is 0 Å². The molecule has 0 amide bonds. The Labute approximate surface area is 121 Å². The molecule has 112 valence electrons. The summed E-state index contributed by atoms with van der Waals surface area (Å²) in [4.78, 5) is 0. The van der Waals surface area contributed by atoms with Crippen molar-refractivity contribution in [3.05, 3.63) is 23.8 Å². The number of ether oxygens (including phenoxy) is 2. The molecule has 1 aromatic carbocycles. The maximum atomic E-state index is 9.88. The Bertz CT molecular complexity index is 434. The third-order valence-electron chi connectivity index (χ3n) is 3.64. The van der Waals surface area contributed by atoms with Crippen LogP contribution in [0.1, 0.15) is 38.7 Å². The van der Waals surface area contributed by atoms with Crippen molar-refractivity contribution in [2.24, 2.45) is 0 Å². The molecule has 1 fully saturated rings. The monoisotopic (exact) mass is 279 g/mol. The maximum absolute atomic E-state index is 9.88. The highest BCUT2D eigenvalue weighted by atomic mass is 16.5. The Kier molecular flexibility index (Phi) is 5.26. The SMILES string of the molecule is COc1ccc(CNC(C)C)cc1OC1CCCC1O. The van der Waals surface area contributed by atoms with Crippen LogP contribution in [0.25, 0.3) is 0 Å². The predicted molar refractivity (Wildman–Crippen MR) is 79.2 cm³/mol. The minimum Gasteiger partial charge on any atom is -0.493 e. The van der Waals surface area contributed by atoms with E-state index in [9.17, 15) is 5.11 Å². The van der Waals surface area contributed by atoms with Crippen molar-refractivity contribution in [1.29, 1.82) is 0 Å². The molecule has 2 N–H and O–H groups in total. The molecule has 0 saturated heterocycles. The number of aliphatic hydroxyl groups is 1. The zero-order valence-electron chi connectivity index (χ0n) is 12.6. The molecule has 2 unspecified atom stereocenters. The summed E-state index contributed by atoms with van der Waals surface area (Å²) in [6, 6.07) is 6.40. The molecule has 0 radical (unpaired) electrons. The van der Waals surface area contributed by atoms with Gasteiger partial charge in [0, 0.05) is 12.6 Å². The van der Waals surface area contributed by atoms with E-state index in [0.717, 1.165) is 42.9 Å². The fourth-order valence-corrected chi connectivity index (χ4v) is 2.45. The Hall–Kier alpha value is -1.26. The van der Waals surface area contributed by atoms with Crippen molar-refractivity contribution >= 4 is 0 Å². The Balaban J connectivity index is 2.09. The van der Waals surface area contributed by atoms with E-state index >= 15 is 0 Å². The van der Waals surface area contributed by atoms with Crippen molar-refractivity contribution in [1.82, 2.24) is 5.32 Å². The van der Waals surface area contributed by atoms with E-state index in [0.29, 0.717) is 6.04 Å². The lowest BCUT2D eigenvalue weighted by Gasteiger charge is -2.20. The first-order valence-corrected chi connectivity index (χ1v) is 7.35. The average molecular weight is 279 g/mol. The number of methoxy groups -OCH3 is 1. The zero-order valence-corrected chi connectivity index (χ0v) is 12.6. The van der Waals surface area contributed by atoms with Crippen LogP contribution in [0.5, 0.6) is 11.5 Å². The van der Waals surface area contributed by atoms with Gasteiger partial charge in [-0.05, 0) is 37.0 Å². The van der Waals surface area contributed by atoms with Gasteiger partial charge in [0.15, 0.2) is 11.5 Å². The van der Waals surface area contributed by atoms with E-state index in [1.165, 1.54) is 0 Å². The van der Waals surface area contributed by atoms with Gasteiger partial charge in [-0.1, -0.05) is 19.9 Å². The number of aliphatic hydroxyl groups excluding tert-OH is 1. The van der Waals surface area contributed by atoms with Crippen LogP contribution in [-0.2, 0) is 6.54 Å². The first kappa shape index (κ1) is 15.1. The van der Waals surface area contributed by atoms with Gasteiger partial charge in [0.1, 0.15) is 6.10 Å². The summed E-state index contributed by atoms with van der Waals surface area (Å²) in [6.45, 7) is 5.04. The lowest BCUT2D eigenvalue weighted by Crippen LogP contribution is -2.26. The zero-order chi connectivity index (χ0) is 14.5.